The lowest BCUT2D eigenvalue weighted by molar-refractivity contribution is 0.173. The Bertz CT molecular complexity index is 766. The highest BCUT2D eigenvalue weighted by Gasteiger charge is 2.16. The molecule has 0 radical (unpaired) electrons. The minimum Gasteiger partial charge on any atom is -0.478 e. The molecule has 0 fully saturated rings. The maximum atomic E-state index is 12.5. The predicted octanol–water partition coefficient (Wildman–Crippen LogP) is 2.94. The number of amides is 2. The second-order valence-corrected chi connectivity index (χ2v) is 5.80. The Hall–Kier alpha value is -2.96. The van der Waals surface area contributed by atoms with Gasteiger partial charge in [-0.25, -0.2) is 9.78 Å². The highest BCUT2D eigenvalue weighted by Crippen LogP contribution is 2.32. The molecule has 1 aliphatic rings. The number of hydrogen-bond acceptors (Lipinski definition) is 5. The van der Waals surface area contributed by atoms with Gasteiger partial charge in [0, 0.05) is 31.9 Å². The van der Waals surface area contributed by atoms with E-state index < -0.39 is 0 Å². The average molecular weight is 357 g/mol. The van der Waals surface area contributed by atoms with Gasteiger partial charge in [0.15, 0.2) is 11.5 Å². The van der Waals surface area contributed by atoms with E-state index in [-0.39, 0.29) is 12.8 Å². The Morgan fingerprint density at radius 3 is 2.85 bits per heavy atom. The molecule has 2 heterocycles. The molecule has 1 aromatic carbocycles. The van der Waals surface area contributed by atoms with Crippen molar-refractivity contribution < 1.29 is 19.0 Å². The summed E-state index contributed by atoms with van der Waals surface area (Å²) in [6.45, 7) is 6.17. The third kappa shape index (κ3) is 4.36. The number of urea groups is 1. The zero-order valence-corrected chi connectivity index (χ0v) is 15.0. The third-order valence-corrected chi connectivity index (χ3v) is 4.01. The number of aromatic nitrogens is 1. The van der Waals surface area contributed by atoms with Gasteiger partial charge in [-0.15, -0.1) is 0 Å². The summed E-state index contributed by atoms with van der Waals surface area (Å²) in [6.07, 6.45) is 1.68. The molecule has 0 saturated heterocycles. The molecule has 0 saturated carbocycles. The number of pyridine rings is 1. The SMILES string of the molecule is CCOc1cc(CNC(=O)N(CC)Cc2ccc3c(c2)OCO3)ccn1. The van der Waals surface area contributed by atoms with Crippen LogP contribution in [0.25, 0.3) is 0 Å². The van der Waals surface area contributed by atoms with Gasteiger partial charge in [-0.05, 0) is 43.2 Å². The summed E-state index contributed by atoms with van der Waals surface area (Å²) in [4.78, 5) is 18.4. The first-order valence-corrected chi connectivity index (χ1v) is 8.68. The van der Waals surface area contributed by atoms with Crippen LogP contribution in [0.15, 0.2) is 36.5 Å². The fraction of sp³-hybridized carbons (Fsp3) is 0.368. The van der Waals surface area contributed by atoms with Gasteiger partial charge in [-0.3, -0.25) is 0 Å². The molecular formula is C19H23N3O4. The lowest BCUT2D eigenvalue weighted by Crippen LogP contribution is -2.39. The number of ether oxygens (including phenoxy) is 3. The fourth-order valence-electron chi connectivity index (χ4n) is 2.66. The summed E-state index contributed by atoms with van der Waals surface area (Å²) < 4.78 is 16.1. The molecule has 0 aliphatic carbocycles. The number of benzene rings is 1. The Morgan fingerprint density at radius 1 is 1.19 bits per heavy atom. The highest BCUT2D eigenvalue weighted by molar-refractivity contribution is 5.74. The van der Waals surface area contributed by atoms with E-state index in [0.29, 0.717) is 32.1 Å². The standard InChI is InChI=1S/C19H23N3O4/c1-3-22(12-15-5-6-16-17(9-15)26-13-25-16)19(23)21-11-14-7-8-20-18(10-14)24-4-2/h5-10H,3-4,11-13H2,1-2H3,(H,21,23). The molecule has 0 unspecified atom stereocenters. The van der Waals surface area contributed by atoms with Crippen LogP contribution < -0.4 is 19.5 Å². The molecule has 1 aliphatic heterocycles. The van der Waals surface area contributed by atoms with E-state index in [1.807, 2.05) is 44.2 Å². The largest absolute Gasteiger partial charge is 0.478 e. The Balaban J connectivity index is 1.57. The Kier molecular flexibility index (Phi) is 5.78. The van der Waals surface area contributed by atoms with E-state index >= 15 is 0 Å². The molecule has 1 N–H and O–H groups in total. The normalized spacial score (nSPS) is 11.9. The summed E-state index contributed by atoms with van der Waals surface area (Å²) in [5.41, 5.74) is 1.93. The summed E-state index contributed by atoms with van der Waals surface area (Å²) in [7, 11) is 0. The highest BCUT2D eigenvalue weighted by atomic mass is 16.7. The molecule has 138 valence electrons. The summed E-state index contributed by atoms with van der Waals surface area (Å²) in [5.74, 6) is 2.02. The molecule has 0 atom stereocenters. The van der Waals surface area contributed by atoms with Crippen LogP contribution in [0.5, 0.6) is 17.4 Å². The molecule has 2 aromatic rings. The summed E-state index contributed by atoms with van der Waals surface area (Å²) in [6, 6.07) is 9.29. The van der Waals surface area contributed by atoms with E-state index in [0.717, 1.165) is 22.6 Å². The zero-order valence-electron chi connectivity index (χ0n) is 15.0. The Labute approximate surface area is 152 Å². The molecule has 2 amide bonds. The van der Waals surface area contributed by atoms with Gasteiger partial charge in [0.2, 0.25) is 12.7 Å². The third-order valence-electron chi connectivity index (χ3n) is 4.01. The van der Waals surface area contributed by atoms with Gasteiger partial charge in [-0.2, -0.15) is 0 Å². The van der Waals surface area contributed by atoms with E-state index in [4.69, 9.17) is 14.2 Å². The monoisotopic (exact) mass is 357 g/mol. The van der Waals surface area contributed by atoms with Crippen LogP contribution in [0, 0.1) is 0 Å². The second kappa shape index (κ2) is 8.42. The van der Waals surface area contributed by atoms with Gasteiger partial charge in [0.1, 0.15) is 0 Å². The summed E-state index contributed by atoms with van der Waals surface area (Å²) in [5, 5.41) is 2.94. The Morgan fingerprint density at radius 2 is 2.04 bits per heavy atom. The van der Waals surface area contributed by atoms with Crippen LogP contribution in [-0.4, -0.2) is 35.9 Å². The number of nitrogens with zero attached hydrogens (tertiary/aromatic N) is 2. The summed E-state index contributed by atoms with van der Waals surface area (Å²) >= 11 is 0. The van der Waals surface area contributed by atoms with Crippen LogP contribution in [0.1, 0.15) is 25.0 Å². The minimum atomic E-state index is -0.125. The first-order valence-electron chi connectivity index (χ1n) is 8.68. The lowest BCUT2D eigenvalue weighted by Gasteiger charge is -2.21. The molecule has 0 spiro atoms. The molecule has 26 heavy (non-hydrogen) atoms. The molecular weight excluding hydrogens is 334 g/mol. The minimum absolute atomic E-state index is 0.125. The van der Waals surface area contributed by atoms with Gasteiger partial charge in [-0.1, -0.05) is 6.07 Å². The van der Waals surface area contributed by atoms with Crippen molar-refractivity contribution in [3.05, 3.63) is 47.7 Å². The van der Waals surface area contributed by atoms with Gasteiger partial charge in [0.25, 0.3) is 0 Å². The number of nitrogens with one attached hydrogen (secondary N) is 1. The van der Waals surface area contributed by atoms with E-state index in [1.165, 1.54) is 0 Å². The van der Waals surface area contributed by atoms with Crippen LogP contribution in [-0.2, 0) is 13.1 Å². The quantitative estimate of drug-likeness (QED) is 0.825. The van der Waals surface area contributed by atoms with Crippen molar-refractivity contribution in [2.75, 3.05) is 19.9 Å². The van der Waals surface area contributed by atoms with Crippen LogP contribution in [0.3, 0.4) is 0 Å². The lowest BCUT2D eigenvalue weighted by atomic mass is 10.2. The van der Waals surface area contributed by atoms with E-state index in [9.17, 15) is 4.79 Å². The van der Waals surface area contributed by atoms with E-state index in [2.05, 4.69) is 10.3 Å². The maximum Gasteiger partial charge on any atom is 0.317 e. The first-order chi connectivity index (χ1) is 12.7. The van der Waals surface area contributed by atoms with Crippen molar-refractivity contribution in [3.63, 3.8) is 0 Å². The van der Waals surface area contributed by atoms with Crippen LogP contribution in [0.2, 0.25) is 0 Å². The molecule has 1 aromatic heterocycles. The number of carbonyl (C=O) groups is 1. The second-order valence-electron chi connectivity index (χ2n) is 5.80. The number of rotatable bonds is 7. The maximum absolute atomic E-state index is 12.5. The average Bonchev–Trinajstić information content (AvgIpc) is 3.12. The predicted molar refractivity (Wildman–Crippen MR) is 96.3 cm³/mol. The van der Waals surface area contributed by atoms with Crippen LogP contribution in [0.4, 0.5) is 4.79 Å². The van der Waals surface area contributed by atoms with Crippen molar-refractivity contribution >= 4 is 6.03 Å². The van der Waals surface area contributed by atoms with E-state index in [1.54, 1.807) is 11.1 Å². The van der Waals surface area contributed by atoms with Crippen molar-refractivity contribution in [2.45, 2.75) is 26.9 Å². The number of carbonyl (C=O) groups excluding carboxylic acids is 1. The van der Waals surface area contributed by atoms with Gasteiger partial charge < -0.3 is 24.4 Å². The molecule has 0 bridgehead atoms. The van der Waals surface area contributed by atoms with Gasteiger partial charge in [0.05, 0.1) is 6.61 Å². The molecule has 7 heteroatoms. The number of fused-ring (bicyclic) bond motifs is 1. The smallest absolute Gasteiger partial charge is 0.317 e. The topological polar surface area (TPSA) is 72.9 Å². The molecule has 3 rings (SSSR count). The zero-order chi connectivity index (χ0) is 18.4. The van der Waals surface area contributed by atoms with Crippen molar-refractivity contribution in [3.8, 4) is 17.4 Å². The first kappa shape index (κ1) is 17.8. The van der Waals surface area contributed by atoms with Crippen molar-refractivity contribution in [1.82, 2.24) is 15.2 Å². The van der Waals surface area contributed by atoms with Crippen LogP contribution >= 0.6 is 0 Å². The fourth-order valence-corrected chi connectivity index (χ4v) is 2.66. The van der Waals surface area contributed by atoms with Gasteiger partial charge >= 0.3 is 6.03 Å². The number of hydrogen-bond donors (Lipinski definition) is 1. The van der Waals surface area contributed by atoms with Crippen molar-refractivity contribution in [1.29, 1.82) is 0 Å². The molecule has 7 nitrogen and oxygen atoms in total. The van der Waals surface area contributed by atoms with Crippen molar-refractivity contribution in [2.24, 2.45) is 0 Å².